The van der Waals surface area contributed by atoms with Crippen molar-refractivity contribution in [2.24, 2.45) is 0 Å². The summed E-state index contributed by atoms with van der Waals surface area (Å²) in [5, 5.41) is 6.37. The van der Waals surface area contributed by atoms with E-state index in [1.165, 1.54) is 11.1 Å². The zero-order chi connectivity index (χ0) is 21.1. The smallest absolute Gasteiger partial charge is 0.227 e. The Morgan fingerprint density at radius 2 is 1.93 bits per heavy atom. The Balaban J connectivity index is 1.40. The highest BCUT2D eigenvalue weighted by Crippen LogP contribution is 2.33. The SMILES string of the molecule is COc1ccc(CCNc2nc(-c3ccc4c(c3)CCC(=O)N4C)cs2)cc1OC. The third-order valence-electron chi connectivity index (χ3n) is 5.36. The first kappa shape index (κ1) is 20.2. The molecule has 0 bridgehead atoms. The van der Waals surface area contributed by atoms with E-state index in [1.54, 1.807) is 30.5 Å². The molecule has 2 heterocycles. The summed E-state index contributed by atoms with van der Waals surface area (Å²) in [5.41, 5.74) is 5.41. The molecule has 7 heteroatoms. The van der Waals surface area contributed by atoms with Gasteiger partial charge in [0.1, 0.15) is 0 Å². The number of hydrogen-bond acceptors (Lipinski definition) is 6. The van der Waals surface area contributed by atoms with Gasteiger partial charge in [0.2, 0.25) is 5.91 Å². The lowest BCUT2D eigenvalue weighted by Gasteiger charge is -2.26. The number of methoxy groups -OCH3 is 2. The number of amides is 1. The molecule has 30 heavy (non-hydrogen) atoms. The molecule has 2 aromatic carbocycles. The predicted octanol–water partition coefficient (Wildman–Crippen LogP) is 4.39. The van der Waals surface area contributed by atoms with Crippen LogP contribution in [-0.2, 0) is 17.6 Å². The normalized spacial score (nSPS) is 13.2. The highest BCUT2D eigenvalue weighted by atomic mass is 32.1. The maximum Gasteiger partial charge on any atom is 0.227 e. The van der Waals surface area contributed by atoms with Crippen LogP contribution in [0, 0.1) is 0 Å². The Labute approximate surface area is 180 Å². The lowest BCUT2D eigenvalue weighted by Crippen LogP contribution is -2.30. The molecule has 0 aliphatic carbocycles. The van der Waals surface area contributed by atoms with Gasteiger partial charge in [0, 0.05) is 36.6 Å². The Bertz CT molecular complexity index is 1060. The van der Waals surface area contributed by atoms with Crippen LogP contribution in [0.25, 0.3) is 11.3 Å². The highest BCUT2D eigenvalue weighted by Gasteiger charge is 2.21. The van der Waals surface area contributed by atoms with Gasteiger partial charge in [-0.1, -0.05) is 12.1 Å². The Morgan fingerprint density at radius 3 is 2.73 bits per heavy atom. The van der Waals surface area contributed by atoms with Crippen LogP contribution in [0.3, 0.4) is 0 Å². The zero-order valence-electron chi connectivity index (χ0n) is 17.4. The molecule has 6 nitrogen and oxygen atoms in total. The molecule has 1 aliphatic heterocycles. The van der Waals surface area contributed by atoms with E-state index in [1.807, 2.05) is 37.4 Å². The minimum atomic E-state index is 0.171. The van der Waals surface area contributed by atoms with E-state index in [0.717, 1.165) is 53.0 Å². The van der Waals surface area contributed by atoms with E-state index in [4.69, 9.17) is 14.5 Å². The summed E-state index contributed by atoms with van der Waals surface area (Å²) in [4.78, 5) is 18.4. The van der Waals surface area contributed by atoms with Gasteiger partial charge in [-0.3, -0.25) is 4.79 Å². The van der Waals surface area contributed by atoms with Gasteiger partial charge in [-0.15, -0.1) is 11.3 Å². The molecule has 0 fully saturated rings. The third-order valence-corrected chi connectivity index (χ3v) is 6.16. The number of fused-ring (bicyclic) bond motifs is 1. The molecule has 0 saturated heterocycles. The number of ether oxygens (including phenoxy) is 2. The van der Waals surface area contributed by atoms with Gasteiger partial charge in [0.15, 0.2) is 16.6 Å². The number of rotatable bonds is 7. The summed E-state index contributed by atoms with van der Waals surface area (Å²) >= 11 is 1.60. The Kier molecular flexibility index (Phi) is 5.90. The van der Waals surface area contributed by atoms with Gasteiger partial charge in [-0.05, 0) is 48.2 Å². The van der Waals surface area contributed by atoms with Crippen LogP contribution >= 0.6 is 11.3 Å². The number of carbonyl (C=O) groups is 1. The maximum absolute atomic E-state index is 11.9. The van der Waals surface area contributed by atoms with E-state index in [-0.39, 0.29) is 5.91 Å². The molecule has 1 N–H and O–H groups in total. The van der Waals surface area contributed by atoms with E-state index in [9.17, 15) is 4.79 Å². The summed E-state index contributed by atoms with van der Waals surface area (Å²) in [5.74, 6) is 1.65. The summed E-state index contributed by atoms with van der Waals surface area (Å²) in [7, 11) is 5.12. The van der Waals surface area contributed by atoms with Crippen molar-refractivity contribution in [3.05, 3.63) is 52.9 Å². The molecule has 156 valence electrons. The number of thiazole rings is 1. The molecule has 0 saturated carbocycles. The number of aromatic nitrogens is 1. The third kappa shape index (κ3) is 4.11. The van der Waals surface area contributed by atoms with Crippen LogP contribution in [0.5, 0.6) is 11.5 Å². The molecule has 0 radical (unpaired) electrons. The Morgan fingerprint density at radius 1 is 1.10 bits per heavy atom. The average Bonchev–Trinajstić information content (AvgIpc) is 3.25. The number of aryl methyl sites for hydroxylation is 1. The second-order valence-electron chi connectivity index (χ2n) is 7.20. The topological polar surface area (TPSA) is 63.7 Å². The first-order chi connectivity index (χ1) is 14.6. The standard InChI is InChI=1S/C23H25N3O3S/c1-26-19-7-5-16(13-17(19)6-9-22(26)27)18-14-30-23(25-18)24-11-10-15-4-8-20(28-2)21(12-15)29-3/h4-5,7-8,12-14H,6,9-11H2,1-3H3,(H,24,25). The molecule has 1 aliphatic rings. The Hall–Kier alpha value is -3.06. The summed E-state index contributed by atoms with van der Waals surface area (Å²) < 4.78 is 10.7. The van der Waals surface area contributed by atoms with Crippen LogP contribution in [0.15, 0.2) is 41.8 Å². The van der Waals surface area contributed by atoms with Crippen LogP contribution in [0.1, 0.15) is 17.5 Å². The number of benzene rings is 2. The number of anilines is 2. The van der Waals surface area contributed by atoms with Gasteiger partial charge < -0.3 is 19.7 Å². The molecule has 0 spiro atoms. The average molecular weight is 424 g/mol. The molecule has 1 aromatic heterocycles. The second kappa shape index (κ2) is 8.75. The van der Waals surface area contributed by atoms with Crippen molar-refractivity contribution in [2.45, 2.75) is 19.3 Å². The maximum atomic E-state index is 11.9. The van der Waals surface area contributed by atoms with Crippen molar-refractivity contribution >= 4 is 28.1 Å². The fourth-order valence-electron chi connectivity index (χ4n) is 3.65. The monoisotopic (exact) mass is 423 g/mol. The van der Waals surface area contributed by atoms with Crippen LogP contribution < -0.4 is 19.7 Å². The van der Waals surface area contributed by atoms with Gasteiger partial charge in [0.05, 0.1) is 19.9 Å². The minimum absolute atomic E-state index is 0.171. The van der Waals surface area contributed by atoms with Crippen molar-refractivity contribution in [1.82, 2.24) is 4.98 Å². The fraction of sp³-hybridized carbons (Fsp3) is 0.304. The second-order valence-corrected chi connectivity index (χ2v) is 8.06. The van der Waals surface area contributed by atoms with Gasteiger partial charge >= 0.3 is 0 Å². The fourth-order valence-corrected chi connectivity index (χ4v) is 4.40. The molecule has 0 unspecified atom stereocenters. The van der Waals surface area contributed by atoms with E-state index in [2.05, 4.69) is 16.8 Å². The molecule has 4 rings (SSSR count). The minimum Gasteiger partial charge on any atom is -0.493 e. The zero-order valence-corrected chi connectivity index (χ0v) is 18.2. The number of nitrogens with one attached hydrogen (secondary N) is 1. The first-order valence-corrected chi connectivity index (χ1v) is 10.8. The number of carbonyl (C=O) groups excluding carboxylic acids is 1. The highest BCUT2D eigenvalue weighted by molar-refractivity contribution is 7.14. The number of nitrogens with zero attached hydrogens (tertiary/aromatic N) is 2. The van der Waals surface area contributed by atoms with Gasteiger partial charge in [-0.2, -0.15) is 0 Å². The van der Waals surface area contributed by atoms with Gasteiger partial charge in [0.25, 0.3) is 0 Å². The van der Waals surface area contributed by atoms with Crippen molar-refractivity contribution in [2.75, 3.05) is 38.0 Å². The molecule has 1 amide bonds. The molecular formula is C23H25N3O3S. The van der Waals surface area contributed by atoms with E-state index >= 15 is 0 Å². The van der Waals surface area contributed by atoms with E-state index < -0.39 is 0 Å². The quantitative estimate of drug-likeness (QED) is 0.611. The summed E-state index contributed by atoms with van der Waals surface area (Å²) in [6, 6.07) is 12.2. The summed E-state index contributed by atoms with van der Waals surface area (Å²) in [6.07, 6.45) is 2.20. The largest absolute Gasteiger partial charge is 0.493 e. The van der Waals surface area contributed by atoms with Crippen LogP contribution in [0.2, 0.25) is 0 Å². The number of hydrogen-bond donors (Lipinski definition) is 1. The van der Waals surface area contributed by atoms with E-state index in [0.29, 0.717) is 6.42 Å². The lowest BCUT2D eigenvalue weighted by atomic mass is 9.98. The van der Waals surface area contributed by atoms with Gasteiger partial charge in [-0.25, -0.2) is 4.98 Å². The van der Waals surface area contributed by atoms with Crippen molar-refractivity contribution in [1.29, 1.82) is 0 Å². The lowest BCUT2D eigenvalue weighted by molar-refractivity contribution is -0.118. The molecule has 0 atom stereocenters. The first-order valence-electron chi connectivity index (χ1n) is 9.89. The van der Waals surface area contributed by atoms with Crippen molar-refractivity contribution < 1.29 is 14.3 Å². The molecule has 3 aromatic rings. The predicted molar refractivity (Wildman–Crippen MR) is 121 cm³/mol. The summed E-state index contributed by atoms with van der Waals surface area (Å²) in [6.45, 7) is 0.777. The van der Waals surface area contributed by atoms with Crippen molar-refractivity contribution in [3.63, 3.8) is 0 Å². The molecular weight excluding hydrogens is 398 g/mol. The van der Waals surface area contributed by atoms with Crippen LogP contribution in [0.4, 0.5) is 10.8 Å². The van der Waals surface area contributed by atoms with Crippen LogP contribution in [-0.4, -0.2) is 38.7 Å². The van der Waals surface area contributed by atoms with Crippen molar-refractivity contribution in [3.8, 4) is 22.8 Å².